The van der Waals surface area contributed by atoms with Gasteiger partial charge in [-0.2, -0.15) is 0 Å². The fourth-order valence-electron chi connectivity index (χ4n) is 1.81. The summed E-state index contributed by atoms with van der Waals surface area (Å²) in [6.45, 7) is 0.575. The Morgan fingerprint density at radius 2 is 2.00 bits per heavy atom. The van der Waals surface area contributed by atoms with Gasteiger partial charge in [-0.25, -0.2) is 0 Å². The minimum absolute atomic E-state index is 0.0580. The number of pyridine rings is 1. The van der Waals surface area contributed by atoms with Crippen molar-refractivity contribution in [3.63, 3.8) is 0 Å². The van der Waals surface area contributed by atoms with E-state index >= 15 is 0 Å². The Morgan fingerprint density at radius 3 is 2.59 bits per heavy atom. The number of rotatable bonds is 6. The molecular formula is C16H17ClN2O3. The highest BCUT2D eigenvalue weighted by Gasteiger charge is 2.10. The molecule has 5 nitrogen and oxygen atoms in total. The lowest BCUT2D eigenvalue weighted by Crippen LogP contribution is -2.29. The average molecular weight is 321 g/mol. The molecule has 2 aromatic rings. The molecule has 1 N–H and O–H groups in total. The molecule has 1 aromatic heterocycles. The van der Waals surface area contributed by atoms with Gasteiger partial charge in [0, 0.05) is 25.4 Å². The van der Waals surface area contributed by atoms with Crippen LogP contribution >= 0.6 is 11.6 Å². The van der Waals surface area contributed by atoms with Gasteiger partial charge in [-0.3, -0.25) is 9.78 Å². The van der Waals surface area contributed by atoms with Crippen LogP contribution < -0.4 is 4.74 Å². The van der Waals surface area contributed by atoms with Crippen LogP contribution in [-0.4, -0.2) is 41.1 Å². The Bertz CT molecular complexity index is 614. The predicted molar refractivity (Wildman–Crippen MR) is 84.1 cm³/mol. The molecule has 6 heteroatoms. The summed E-state index contributed by atoms with van der Waals surface area (Å²) in [5.74, 6) is 0.512. The summed E-state index contributed by atoms with van der Waals surface area (Å²) in [4.78, 5) is 17.6. The molecule has 1 amide bonds. The fraction of sp³-hybridized carbons (Fsp3) is 0.250. The van der Waals surface area contributed by atoms with Gasteiger partial charge in [0.05, 0.1) is 17.3 Å². The molecule has 116 valence electrons. The zero-order chi connectivity index (χ0) is 15.9. The quantitative estimate of drug-likeness (QED) is 0.887. The SMILES string of the molecule is CN(CCO)C(=O)c1ccc(OCc2ccc(Cl)cn2)cc1. The van der Waals surface area contributed by atoms with E-state index in [1.165, 1.54) is 4.90 Å². The highest BCUT2D eigenvalue weighted by atomic mass is 35.5. The van der Waals surface area contributed by atoms with E-state index in [9.17, 15) is 4.79 Å². The van der Waals surface area contributed by atoms with Crippen molar-refractivity contribution in [2.75, 3.05) is 20.2 Å². The Kier molecular flexibility index (Phi) is 5.75. The molecule has 0 saturated carbocycles. The van der Waals surface area contributed by atoms with Gasteiger partial charge in [-0.15, -0.1) is 0 Å². The van der Waals surface area contributed by atoms with Gasteiger partial charge >= 0.3 is 0 Å². The number of aliphatic hydroxyl groups is 1. The van der Waals surface area contributed by atoms with Crippen LogP contribution in [0.2, 0.25) is 5.02 Å². The average Bonchev–Trinajstić information content (AvgIpc) is 2.54. The van der Waals surface area contributed by atoms with Gasteiger partial charge in [0.15, 0.2) is 0 Å². The van der Waals surface area contributed by atoms with Crippen molar-refractivity contribution in [3.8, 4) is 5.75 Å². The van der Waals surface area contributed by atoms with Crippen molar-refractivity contribution < 1.29 is 14.6 Å². The molecule has 0 spiro atoms. The van der Waals surface area contributed by atoms with Crippen LogP contribution in [0.5, 0.6) is 5.75 Å². The Labute approximate surface area is 134 Å². The third-order valence-corrected chi connectivity index (χ3v) is 3.28. The first-order chi connectivity index (χ1) is 10.6. The van der Waals surface area contributed by atoms with E-state index in [4.69, 9.17) is 21.4 Å². The maximum absolute atomic E-state index is 12.0. The molecule has 0 saturated heterocycles. The van der Waals surface area contributed by atoms with Crippen molar-refractivity contribution in [3.05, 3.63) is 58.9 Å². The van der Waals surface area contributed by atoms with E-state index in [-0.39, 0.29) is 12.5 Å². The zero-order valence-electron chi connectivity index (χ0n) is 12.2. The third-order valence-electron chi connectivity index (χ3n) is 3.06. The molecule has 22 heavy (non-hydrogen) atoms. The molecule has 0 aliphatic carbocycles. The Morgan fingerprint density at radius 1 is 1.27 bits per heavy atom. The maximum atomic E-state index is 12.0. The van der Waals surface area contributed by atoms with E-state index < -0.39 is 0 Å². The minimum atomic E-state index is -0.139. The van der Waals surface area contributed by atoms with Gasteiger partial charge in [0.1, 0.15) is 12.4 Å². The van der Waals surface area contributed by atoms with Crippen LogP contribution in [-0.2, 0) is 6.61 Å². The number of likely N-dealkylation sites (N-methyl/N-ethyl adjacent to an activating group) is 1. The molecule has 0 bridgehead atoms. The largest absolute Gasteiger partial charge is 0.487 e. The standard InChI is InChI=1S/C16H17ClN2O3/c1-19(8-9-20)16(21)12-2-6-15(7-3-12)22-11-14-5-4-13(17)10-18-14/h2-7,10,20H,8-9,11H2,1H3. The highest BCUT2D eigenvalue weighted by molar-refractivity contribution is 6.30. The number of halogens is 1. The second-order valence-electron chi connectivity index (χ2n) is 4.73. The molecule has 0 atom stereocenters. The Balaban J connectivity index is 1.94. The van der Waals surface area contributed by atoms with Crippen LogP contribution in [0.1, 0.15) is 16.1 Å². The van der Waals surface area contributed by atoms with E-state index in [1.54, 1.807) is 49.6 Å². The molecule has 2 rings (SSSR count). The lowest BCUT2D eigenvalue weighted by molar-refractivity contribution is 0.0767. The number of carbonyl (C=O) groups excluding carboxylic acids is 1. The van der Waals surface area contributed by atoms with Crippen LogP contribution in [0.15, 0.2) is 42.6 Å². The summed E-state index contributed by atoms with van der Waals surface area (Å²) in [5, 5.41) is 9.43. The first kappa shape index (κ1) is 16.3. The second-order valence-corrected chi connectivity index (χ2v) is 5.17. The number of nitrogens with zero attached hydrogens (tertiary/aromatic N) is 2. The molecule has 0 aliphatic heterocycles. The van der Waals surface area contributed by atoms with Gasteiger partial charge in [0.2, 0.25) is 0 Å². The lowest BCUT2D eigenvalue weighted by Gasteiger charge is -2.15. The van der Waals surface area contributed by atoms with E-state index in [1.807, 2.05) is 0 Å². The smallest absolute Gasteiger partial charge is 0.253 e. The first-order valence-electron chi connectivity index (χ1n) is 6.80. The van der Waals surface area contributed by atoms with Crippen LogP contribution in [0.3, 0.4) is 0 Å². The highest BCUT2D eigenvalue weighted by Crippen LogP contribution is 2.15. The number of hydrogen-bond acceptors (Lipinski definition) is 4. The van der Waals surface area contributed by atoms with Crippen LogP contribution in [0.25, 0.3) is 0 Å². The molecule has 0 unspecified atom stereocenters. The van der Waals surface area contributed by atoms with Gasteiger partial charge in [0.25, 0.3) is 5.91 Å². The van der Waals surface area contributed by atoms with Crippen LogP contribution in [0.4, 0.5) is 0 Å². The van der Waals surface area contributed by atoms with Crippen molar-refractivity contribution in [2.24, 2.45) is 0 Å². The number of hydrogen-bond donors (Lipinski definition) is 1. The zero-order valence-corrected chi connectivity index (χ0v) is 13.0. The van der Waals surface area contributed by atoms with Crippen molar-refractivity contribution >= 4 is 17.5 Å². The van der Waals surface area contributed by atoms with E-state index in [2.05, 4.69) is 4.98 Å². The number of ether oxygens (including phenoxy) is 1. The summed E-state index contributed by atoms with van der Waals surface area (Å²) in [6.07, 6.45) is 1.57. The number of amides is 1. The topological polar surface area (TPSA) is 62.7 Å². The van der Waals surface area contributed by atoms with Crippen molar-refractivity contribution in [2.45, 2.75) is 6.61 Å². The summed E-state index contributed by atoms with van der Waals surface area (Å²) in [6, 6.07) is 10.4. The fourth-order valence-corrected chi connectivity index (χ4v) is 1.93. The number of aliphatic hydroxyl groups excluding tert-OH is 1. The van der Waals surface area contributed by atoms with E-state index in [0.29, 0.717) is 29.5 Å². The number of carbonyl (C=O) groups is 1. The van der Waals surface area contributed by atoms with Gasteiger partial charge in [-0.05, 0) is 36.4 Å². The molecular weight excluding hydrogens is 304 g/mol. The van der Waals surface area contributed by atoms with Crippen LogP contribution in [0, 0.1) is 0 Å². The first-order valence-corrected chi connectivity index (χ1v) is 7.17. The molecule has 0 radical (unpaired) electrons. The van der Waals surface area contributed by atoms with Crippen molar-refractivity contribution in [1.29, 1.82) is 0 Å². The molecule has 0 fully saturated rings. The summed E-state index contributed by atoms with van der Waals surface area (Å²) in [7, 11) is 1.65. The normalized spacial score (nSPS) is 10.3. The number of aromatic nitrogens is 1. The molecule has 1 heterocycles. The number of benzene rings is 1. The maximum Gasteiger partial charge on any atom is 0.253 e. The molecule has 1 aromatic carbocycles. The second kappa shape index (κ2) is 7.77. The van der Waals surface area contributed by atoms with Crippen molar-refractivity contribution in [1.82, 2.24) is 9.88 Å². The Hall–Kier alpha value is -2.11. The predicted octanol–water partition coefficient (Wildman–Crippen LogP) is 2.38. The monoisotopic (exact) mass is 320 g/mol. The summed E-state index contributed by atoms with van der Waals surface area (Å²) < 4.78 is 5.60. The summed E-state index contributed by atoms with van der Waals surface area (Å²) in [5.41, 5.74) is 1.32. The summed E-state index contributed by atoms with van der Waals surface area (Å²) >= 11 is 5.77. The lowest BCUT2D eigenvalue weighted by atomic mass is 10.2. The van der Waals surface area contributed by atoms with Gasteiger partial charge < -0.3 is 14.7 Å². The molecule has 0 aliphatic rings. The van der Waals surface area contributed by atoms with E-state index in [0.717, 1.165) is 5.69 Å². The third kappa shape index (κ3) is 4.44. The van der Waals surface area contributed by atoms with Gasteiger partial charge in [-0.1, -0.05) is 11.6 Å². The minimum Gasteiger partial charge on any atom is -0.487 e.